The molecule has 0 aromatic carbocycles. The fraction of sp³-hybridized carbons (Fsp3) is 0.952. The smallest absolute Gasteiger partial charge is 0.306 e. The van der Waals surface area contributed by atoms with Crippen molar-refractivity contribution in [3.63, 3.8) is 0 Å². The van der Waals surface area contributed by atoms with Gasteiger partial charge in [-0.15, -0.1) is 0 Å². The lowest BCUT2D eigenvalue weighted by atomic mass is 9.99. The molecule has 0 aromatic rings. The largest absolute Gasteiger partial charge is 0.457 e. The summed E-state index contributed by atoms with van der Waals surface area (Å²) in [5.41, 5.74) is 0. The van der Waals surface area contributed by atoms with Crippen LogP contribution < -0.4 is 0 Å². The van der Waals surface area contributed by atoms with Gasteiger partial charge in [0.25, 0.3) is 0 Å². The highest BCUT2D eigenvalue weighted by Gasteiger charge is 2.44. The zero-order valence-corrected chi connectivity index (χ0v) is 47.7. The van der Waals surface area contributed by atoms with Gasteiger partial charge in [-0.05, 0) is 38.5 Å². The van der Waals surface area contributed by atoms with Crippen LogP contribution in [0.5, 0.6) is 0 Å². The standard InChI is InChI=1S/C63H122O9/c1-3-5-7-9-11-13-15-17-19-21-23-25-27-28-29-31-33-35-37-39-41-43-45-47-49-51-53-69-55-57(56-70-63-62(68)61(67)60(66)58(54-64)72-63)71-59(65)52-50-48-46-44-42-40-38-36-34-32-30-26-24-22-20-18-16-14-12-10-8-6-4-2/h22,24,57-58,60-64,66-68H,3-21,23,25-56H2,1-2H3/b24-22-. The zero-order chi connectivity index (χ0) is 52.1. The van der Waals surface area contributed by atoms with Gasteiger partial charge in [0.05, 0.1) is 19.8 Å². The van der Waals surface area contributed by atoms with E-state index in [1.807, 2.05) is 0 Å². The highest BCUT2D eigenvalue weighted by molar-refractivity contribution is 5.69. The van der Waals surface area contributed by atoms with Gasteiger partial charge in [0, 0.05) is 13.0 Å². The molecule has 9 heteroatoms. The molecule has 9 nitrogen and oxygen atoms in total. The number of carbonyl (C=O) groups excluding carboxylic acids is 1. The summed E-state index contributed by atoms with van der Waals surface area (Å²) in [7, 11) is 0. The lowest BCUT2D eigenvalue weighted by molar-refractivity contribution is -0.305. The molecule has 0 saturated carbocycles. The number of hydrogen-bond donors (Lipinski definition) is 4. The van der Waals surface area contributed by atoms with E-state index in [9.17, 15) is 25.2 Å². The number of unbranched alkanes of at least 4 members (excludes halogenated alkanes) is 44. The molecule has 1 heterocycles. The highest BCUT2D eigenvalue weighted by atomic mass is 16.7. The van der Waals surface area contributed by atoms with Crippen LogP contribution in [0.1, 0.15) is 322 Å². The molecule has 0 bridgehead atoms. The van der Waals surface area contributed by atoms with E-state index in [1.54, 1.807) is 0 Å². The molecule has 6 unspecified atom stereocenters. The molecule has 6 atom stereocenters. The molecule has 0 amide bonds. The molecule has 1 rings (SSSR count). The molecule has 1 saturated heterocycles. The maximum absolute atomic E-state index is 12.9. The lowest BCUT2D eigenvalue weighted by Crippen LogP contribution is -2.59. The van der Waals surface area contributed by atoms with Crippen LogP contribution in [-0.2, 0) is 23.7 Å². The molecule has 0 radical (unpaired) electrons. The van der Waals surface area contributed by atoms with E-state index < -0.39 is 43.4 Å². The second-order valence-corrected chi connectivity index (χ2v) is 22.2. The zero-order valence-electron chi connectivity index (χ0n) is 47.7. The number of rotatable bonds is 57. The van der Waals surface area contributed by atoms with Gasteiger partial charge in [0.1, 0.15) is 30.5 Å². The Bertz CT molecular complexity index is 1120. The van der Waals surface area contributed by atoms with Gasteiger partial charge in [-0.1, -0.05) is 289 Å². The van der Waals surface area contributed by atoms with Crippen molar-refractivity contribution < 1.29 is 44.2 Å². The SMILES string of the molecule is CCCCCCCCCC/C=C\CCCCCCCCCCCCCC(=O)OC(COCCCCCCCCCCCCCCCCCCCCCCCCCCCC)COC1OC(CO)C(O)C(O)C1O. The predicted octanol–water partition coefficient (Wildman–Crippen LogP) is 17.1. The normalized spacial score (nSPS) is 18.7. The van der Waals surface area contributed by atoms with E-state index in [-0.39, 0.29) is 19.2 Å². The Hall–Kier alpha value is -1.07. The van der Waals surface area contributed by atoms with Crippen LogP contribution >= 0.6 is 0 Å². The van der Waals surface area contributed by atoms with Crippen molar-refractivity contribution in [3.05, 3.63) is 12.2 Å². The number of aliphatic hydroxyl groups excluding tert-OH is 4. The third-order valence-corrected chi connectivity index (χ3v) is 15.2. The second-order valence-electron chi connectivity index (χ2n) is 22.2. The van der Waals surface area contributed by atoms with E-state index in [1.165, 1.54) is 270 Å². The van der Waals surface area contributed by atoms with Gasteiger partial charge in [-0.25, -0.2) is 0 Å². The average Bonchev–Trinajstić information content (AvgIpc) is 3.38. The van der Waals surface area contributed by atoms with Crippen LogP contribution in [0.4, 0.5) is 0 Å². The van der Waals surface area contributed by atoms with Gasteiger partial charge in [0.2, 0.25) is 0 Å². The quantitative estimate of drug-likeness (QED) is 0.0267. The van der Waals surface area contributed by atoms with Crippen molar-refractivity contribution in [2.45, 2.75) is 359 Å². The van der Waals surface area contributed by atoms with E-state index in [4.69, 9.17) is 18.9 Å². The monoisotopic (exact) mass is 1020 g/mol. The van der Waals surface area contributed by atoms with Crippen LogP contribution in [0.15, 0.2) is 12.2 Å². The van der Waals surface area contributed by atoms with Crippen molar-refractivity contribution in [3.8, 4) is 0 Å². The Morgan fingerprint density at radius 3 is 1.12 bits per heavy atom. The molecular weight excluding hydrogens is 901 g/mol. The molecule has 72 heavy (non-hydrogen) atoms. The minimum absolute atomic E-state index is 0.107. The number of esters is 1. The predicted molar refractivity (Wildman–Crippen MR) is 303 cm³/mol. The lowest BCUT2D eigenvalue weighted by Gasteiger charge is -2.39. The van der Waals surface area contributed by atoms with Crippen LogP contribution in [0.3, 0.4) is 0 Å². The number of allylic oxidation sites excluding steroid dienone is 2. The van der Waals surface area contributed by atoms with Crippen LogP contribution in [0.25, 0.3) is 0 Å². The van der Waals surface area contributed by atoms with Gasteiger partial charge in [-0.2, -0.15) is 0 Å². The fourth-order valence-corrected chi connectivity index (χ4v) is 10.3. The first kappa shape index (κ1) is 68.9. The van der Waals surface area contributed by atoms with Crippen molar-refractivity contribution in [2.75, 3.05) is 26.4 Å². The third-order valence-electron chi connectivity index (χ3n) is 15.2. The summed E-state index contributed by atoms with van der Waals surface area (Å²) in [5.74, 6) is -0.305. The Morgan fingerprint density at radius 1 is 0.431 bits per heavy atom. The number of ether oxygens (including phenoxy) is 4. The van der Waals surface area contributed by atoms with Gasteiger partial charge in [0.15, 0.2) is 6.29 Å². The Kier molecular flexibility index (Phi) is 52.4. The summed E-state index contributed by atoms with van der Waals surface area (Å²) < 4.78 is 23.0. The van der Waals surface area contributed by atoms with Gasteiger partial charge >= 0.3 is 5.97 Å². The van der Waals surface area contributed by atoms with Crippen molar-refractivity contribution in [1.29, 1.82) is 0 Å². The topological polar surface area (TPSA) is 135 Å². The third kappa shape index (κ3) is 44.1. The first-order valence-corrected chi connectivity index (χ1v) is 31.8. The first-order valence-electron chi connectivity index (χ1n) is 31.8. The van der Waals surface area contributed by atoms with Gasteiger partial charge in [-0.3, -0.25) is 4.79 Å². The van der Waals surface area contributed by atoms with E-state index in [2.05, 4.69) is 26.0 Å². The summed E-state index contributed by atoms with van der Waals surface area (Å²) in [5, 5.41) is 40.4. The Balaban J connectivity index is 2.09. The van der Waals surface area contributed by atoms with E-state index >= 15 is 0 Å². The Labute approximate surface area is 445 Å². The van der Waals surface area contributed by atoms with Crippen molar-refractivity contribution >= 4 is 5.97 Å². The minimum atomic E-state index is -1.53. The number of carbonyl (C=O) groups is 1. The molecule has 1 fully saturated rings. The fourth-order valence-electron chi connectivity index (χ4n) is 10.3. The molecular formula is C63H122O9. The summed E-state index contributed by atoms with van der Waals surface area (Å²) >= 11 is 0. The molecule has 1 aliphatic heterocycles. The molecule has 0 spiro atoms. The minimum Gasteiger partial charge on any atom is -0.457 e. The van der Waals surface area contributed by atoms with Crippen molar-refractivity contribution in [2.24, 2.45) is 0 Å². The highest BCUT2D eigenvalue weighted by Crippen LogP contribution is 2.23. The molecule has 0 aliphatic carbocycles. The van der Waals surface area contributed by atoms with Crippen LogP contribution in [0.2, 0.25) is 0 Å². The summed E-state index contributed by atoms with van der Waals surface area (Å²) in [6, 6.07) is 0. The summed E-state index contributed by atoms with van der Waals surface area (Å²) in [6.45, 7) is 4.64. The van der Waals surface area contributed by atoms with Gasteiger partial charge < -0.3 is 39.4 Å². The molecule has 0 aromatic heterocycles. The Morgan fingerprint density at radius 2 is 0.764 bits per heavy atom. The number of aliphatic hydroxyl groups is 4. The maximum atomic E-state index is 12.9. The van der Waals surface area contributed by atoms with E-state index in [0.29, 0.717) is 13.0 Å². The average molecular weight is 1020 g/mol. The van der Waals surface area contributed by atoms with Crippen LogP contribution in [-0.4, -0.2) is 89.6 Å². The number of hydrogen-bond acceptors (Lipinski definition) is 9. The second kappa shape index (κ2) is 54.7. The maximum Gasteiger partial charge on any atom is 0.306 e. The molecule has 428 valence electrons. The molecule has 1 aliphatic rings. The van der Waals surface area contributed by atoms with Crippen molar-refractivity contribution in [1.82, 2.24) is 0 Å². The first-order chi connectivity index (χ1) is 35.4. The summed E-state index contributed by atoms with van der Waals surface area (Å²) in [4.78, 5) is 12.9. The van der Waals surface area contributed by atoms with Crippen LogP contribution in [0, 0.1) is 0 Å². The van der Waals surface area contributed by atoms with E-state index in [0.717, 1.165) is 32.1 Å². The molecule has 4 N–H and O–H groups in total. The summed E-state index contributed by atoms with van der Waals surface area (Å²) in [6.07, 6.45) is 60.0.